The first-order chi connectivity index (χ1) is 8.24. The molecular formula is C13H18BrNO2. The van der Waals surface area contributed by atoms with Crippen molar-refractivity contribution in [3.05, 3.63) is 28.2 Å². The second kappa shape index (κ2) is 5.85. The van der Waals surface area contributed by atoms with Crippen molar-refractivity contribution in [1.29, 1.82) is 0 Å². The molecule has 1 aliphatic heterocycles. The molecule has 0 radical (unpaired) electrons. The van der Waals surface area contributed by atoms with Gasteiger partial charge in [0.1, 0.15) is 5.75 Å². The maximum atomic E-state index is 9.31. The van der Waals surface area contributed by atoms with E-state index in [0.717, 1.165) is 29.7 Å². The van der Waals surface area contributed by atoms with E-state index in [2.05, 4.69) is 26.9 Å². The molecule has 0 aliphatic carbocycles. The summed E-state index contributed by atoms with van der Waals surface area (Å²) < 4.78 is 6.43. The number of rotatable bonds is 4. The molecule has 2 rings (SSSR count). The van der Waals surface area contributed by atoms with E-state index in [1.54, 1.807) is 7.11 Å². The quantitative estimate of drug-likeness (QED) is 0.927. The maximum Gasteiger partial charge on any atom is 0.123 e. The highest BCUT2D eigenvalue weighted by atomic mass is 79.9. The van der Waals surface area contributed by atoms with E-state index in [1.165, 1.54) is 12.0 Å². The highest BCUT2D eigenvalue weighted by Gasteiger charge is 2.24. The van der Waals surface area contributed by atoms with E-state index in [4.69, 9.17) is 4.74 Å². The second-order valence-electron chi connectivity index (χ2n) is 4.41. The predicted molar refractivity (Wildman–Crippen MR) is 71.2 cm³/mol. The highest BCUT2D eigenvalue weighted by Crippen LogP contribution is 2.27. The van der Waals surface area contributed by atoms with Crippen molar-refractivity contribution in [2.75, 3.05) is 20.3 Å². The summed E-state index contributed by atoms with van der Waals surface area (Å²) in [7, 11) is 1.69. The minimum atomic E-state index is 0.246. The smallest absolute Gasteiger partial charge is 0.123 e. The van der Waals surface area contributed by atoms with E-state index in [0.29, 0.717) is 6.04 Å². The fourth-order valence-electron chi connectivity index (χ4n) is 2.40. The lowest BCUT2D eigenvalue weighted by atomic mass is 10.1. The lowest BCUT2D eigenvalue weighted by Crippen LogP contribution is -2.31. The van der Waals surface area contributed by atoms with Gasteiger partial charge in [0.2, 0.25) is 0 Å². The number of hydrogen-bond acceptors (Lipinski definition) is 3. The molecule has 0 saturated carbocycles. The minimum Gasteiger partial charge on any atom is -0.496 e. The van der Waals surface area contributed by atoms with Crippen LogP contribution in [0.4, 0.5) is 0 Å². The molecular weight excluding hydrogens is 282 g/mol. The van der Waals surface area contributed by atoms with E-state index in [-0.39, 0.29) is 6.61 Å². The number of hydrogen-bond donors (Lipinski definition) is 1. The summed E-state index contributed by atoms with van der Waals surface area (Å²) in [6.07, 6.45) is 2.26. The molecule has 94 valence electrons. The zero-order valence-corrected chi connectivity index (χ0v) is 11.6. The number of likely N-dealkylation sites (tertiary alicyclic amines) is 1. The van der Waals surface area contributed by atoms with Gasteiger partial charge in [-0.1, -0.05) is 15.9 Å². The number of aliphatic hydroxyl groups excluding tert-OH is 1. The van der Waals surface area contributed by atoms with E-state index >= 15 is 0 Å². The average Bonchev–Trinajstić information content (AvgIpc) is 2.77. The molecule has 0 spiro atoms. The first-order valence-electron chi connectivity index (χ1n) is 5.92. The lowest BCUT2D eigenvalue weighted by molar-refractivity contribution is 0.152. The molecule has 1 heterocycles. The Morgan fingerprint density at radius 2 is 2.35 bits per heavy atom. The Kier molecular flexibility index (Phi) is 4.42. The molecule has 17 heavy (non-hydrogen) atoms. The van der Waals surface area contributed by atoms with Crippen molar-refractivity contribution in [3.63, 3.8) is 0 Å². The first kappa shape index (κ1) is 12.9. The molecule has 1 aromatic carbocycles. The Bertz CT molecular complexity index is 384. The number of aliphatic hydroxyl groups is 1. The third-order valence-corrected chi connectivity index (χ3v) is 3.82. The molecule has 1 fully saturated rings. The number of ether oxygens (including phenoxy) is 1. The Hall–Kier alpha value is -0.580. The summed E-state index contributed by atoms with van der Waals surface area (Å²) in [5.41, 5.74) is 1.17. The monoisotopic (exact) mass is 299 g/mol. The molecule has 0 bridgehead atoms. The average molecular weight is 300 g/mol. The molecule has 0 amide bonds. The molecule has 3 nitrogen and oxygen atoms in total. The SMILES string of the molecule is COc1ccc(Br)cc1CN1CCC[C@@H]1CO. The van der Waals surface area contributed by atoms with Crippen molar-refractivity contribution in [2.45, 2.75) is 25.4 Å². The van der Waals surface area contributed by atoms with Gasteiger partial charge in [-0.15, -0.1) is 0 Å². The summed E-state index contributed by atoms with van der Waals surface area (Å²) in [6, 6.07) is 6.35. The van der Waals surface area contributed by atoms with Gasteiger partial charge >= 0.3 is 0 Å². The van der Waals surface area contributed by atoms with Gasteiger partial charge in [-0.25, -0.2) is 0 Å². The molecule has 0 unspecified atom stereocenters. The molecule has 0 aromatic heterocycles. The summed E-state index contributed by atoms with van der Waals surface area (Å²) in [6.45, 7) is 2.14. The molecule has 1 N–H and O–H groups in total. The Balaban J connectivity index is 2.14. The van der Waals surface area contributed by atoms with Gasteiger partial charge in [-0.05, 0) is 37.6 Å². The minimum absolute atomic E-state index is 0.246. The van der Waals surface area contributed by atoms with Crippen molar-refractivity contribution in [2.24, 2.45) is 0 Å². The van der Waals surface area contributed by atoms with Gasteiger partial charge in [-0.3, -0.25) is 4.90 Å². The van der Waals surface area contributed by atoms with Crippen LogP contribution in [0.2, 0.25) is 0 Å². The fourth-order valence-corrected chi connectivity index (χ4v) is 2.81. The van der Waals surface area contributed by atoms with Crippen LogP contribution in [-0.2, 0) is 6.54 Å². The van der Waals surface area contributed by atoms with E-state index in [9.17, 15) is 5.11 Å². The molecule has 1 saturated heterocycles. The number of nitrogens with zero attached hydrogens (tertiary/aromatic N) is 1. The molecule has 1 atom stereocenters. The van der Waals surface area contributed by atoms with Gasteiger partial charge in [0.15, 0.2) is 0 Å². The Morgan fingerprint density at radius 3 is 3.06 bits per heavy atom. The van der Waals surface area contributed by atoms with Crippen LogP contribution < -0.4 is 4.74 Å². The standard InChI is InChI=1S/C13H18BrNO2/c1-17-13-5-4-11(14)7-10(13)8-15-6-2-3-12(15)9-16/h4-5,7,12,16H,2-3,6,8-9H2,1H3/t12-/m1/s1. The van der Waals surface area contributed by atoms with Gasteiger partial charge in [0, 0.05) is 22.6 Å². The van der Waals surface area contributed by atoms with Crippen molar-refractivity contribution >= 4 is 15.9 Å². The lowest BCUT2D eigenvalue weighted by Gasteiger charge is -2.23. The van der Waals surface area contributed by atoms with Crippen LogP contribution in [0.5, 0.6) is 5.75 Å². The number of halogens is 1. The second-order valence-corrected chi connectivity index (χ2v) is 5.32. The van der Waals surface area contributed by atoms with Crippen LogP contribution in [0.3, 0.4) is 0 Å². The van der Waals surface area contributed by atoms with Crippen molar-refractivity contribution in [1.82, 2.24) is 4.90 Å². The zero-order valence-electron chi connectivity index (χ0n) is 10.0. The number of methoxy groups -OCH3 is 1. The van der Waals surface area contributed by atoms with Crippen molar-refractivity contribution < 1.29 is 9.84 Å². The largest absolute Gasteiger partial charge is 0.496 e. The van der Waals surface area contributed by atoms with Gasteiger partial charge < -0.3 is 9.84 Å². The summed E-state index contributed by atoms with van der Waals surface area (Å²) in [5, 5.41) is 9.31. The topological polar surface area (TPSA) is 32.7 Å². The van der Waals surface area contributed by atoms with Crippen LogP contribution in [-0.4, -0.2) is 36.3 Å². The summed E-state index contributed by atoms with van der Waals surface area (Å²) in [4.78, 5) is 2.32. The summed E-state index contributed by atoms with van der Waals surface area (Å²) in [5.74, 6) is 0.914. The Morgan fingerprint density at radius 1 is 1.53 bits per heavy atom. The van der Waals surface area contributed by atoms with Gasteiger partial charge in [-0.2, -0.15) is 0 Å². The zero-order chi connectivity index (χ0) is 12.3. The molecule has 1 aliphatic rings. The van der Waals surface area contributed by atoms with Crippen LogP contribution in [0, 0.1) is 0 Å². The van der Waals surface area contributed by atoms with Crippen LogP contribution >= 0.6 is 15.9 Å². The van der Waals surface area contributed by atoms with Gasteiger partial charge in [0.25, 0.3) is 0 Å². The molecule has 4 heteroatoms. The summed E-state index contributed by atoms with van der Waals surface area (Å²) >= 11 is 3.48. The van der Waals surface area contributed by atoms with Crippen LogP contribution in [0.1, 0.15) is 18.4 Å². The Labute approximate surface area is 111 Å². The van der Waals surface area contributed by atoms with Crippen LogP contribution in [0.25, 0.3) is 0 Å². The molecule has 1 aromatic rings. The van der Waals surface area contributed by atoms with Gasteiger partial charge in [0.05, 0.1) is 13.7 Å². The predicted octanol–water partition coefficient (Wildman–Crippen LogP) is 2.41. The third-order valence-electron chi connectivity index (χ3n) is 3.33. The normalized spacial score (nSPS) is 20.8. The van der Waals surface area contributed by atoms with Crippen molar-refractivity contribution in [3.8, 4) is 5.75 Å². The highest BCUT2D eigenvalue weighted by molar-refractivity contribution is 9.10. The first-order valence-corrected chi connectivity index (χ1v) is 6.71. The number of benzene rings is 1. The van der Waals surface area contributed by atoms with Crippen LogP contribution in [0.15, 0.2) is 22.7 Å². The van der Waals surface area contributed by atoms with E-state index < -0.39 is 0 Å². The fraction of sp³-hybridized carbons (Fsp3) is 0.538. The van der Waals surface area contributed by atoms with E-state index in [1.807, 2.05) is 12.1 Å². The third kappa shape index (κ3) is 3.00. The maximum absolute atomic E-state index is 9.31.